The highest BCUT2D eigenvalue weighted by Crippen LogP contribution is 2.25. The van der Waals surface area contributed by atoms with Gasteiger partial charge in [0.05, 0.1) is 6.20 Å². The Kier molecular flexibility index (Phi) is 5.41. The zero-order valence-corrected chi connectivity index (χ0v) is 16.6. The number of nitrogens with one attached hydrogen (secondary N) is 1. The quantitative estimate of drug-likeness (QED) is 0.667. The second-order valence-electron chi connectivity index (χ2n) is 7.04. The summed E-state index contributed by atoms with van der Waals surface area (Å²) in [5.74, 6) is 1.38. The Balaban J connectivity index is 1.63. The van der Waals surface area contributed by atoms with Crippen molar-refractivity contribution < 1.29 is 9.21 Å². The lowest BCUT2D eigenvalue weighted by atomic mass is 9.94. The summed E-state index contributed by atoms with van der Waals surface area (Å²) in [6, 6.07) is 9.19. The van der Waals surface area contributed by atoms with Gasteiger partial charge >= 0.3 is 6.03 Å². The molecule has 0 aliphatic heterocycles. The maximum absolute atomic E-state index is 12.3. The van der Waals surface area contributed by atoms with Crippen LogP contribution >= 0.6 is 11.3 Å². The van der Waals surface area contributed by atoms with Crippen molar-refractivity contribution in [3.8, 4) is 0 Å². The molecule has 3 rings (SSSR count). The topological polar surface area (TPSA) is 71.3 Å². The minimum absolute atomic E-state index is 0.0776. The molecule has 6 nitrogen and oxygen atoms in total. The summed E-state index contributed by atoms with van der Waals surface area (Å²) in [6.45, 7) is 6.23. The molecular formula is C20H22N4O2S. The zero-order valence-electron chi connectivity index (χ0n) is 15.8. The van der Waals surface area contributed by atoms with E-state index >= 15 is 0 Å². The lowest BCUT2D eigenvalue weighted by Crippen LogP contribution is -2.30. The van der Waals surface area contributed by atoms with Gasteiger partial charge in [-0.15, -0.1) is 0 Å². The molecule has 0 unspecified atom stereocenters. The number of rotatable bonds is 4. The number of carbonyl (C=O) groups is 1. The summed E-state index contributed by atoms with van der Waals surface area (Å²) < 4.78 is 5.73. The standard InChI is InChI=1S/C20H22N4O2S/c1-20(2,3)16-13-21-17(26-16)11-10-15-12-22-18(27-15)23-19(25)24(4)14-8-6-5-7-9-14/h5-13H,1-4H3,(H,22,23,25). The third-order valence-electron chi connectivity index (χ3n) is 3.84. The highest BCUT2D eigenvalue weighted by molar-refractivity contribution is 7.16. The van der Waals surface area contributed by atoms with Crippen molar-refractivity contribution in [2.75, 3.05) is 17.3 Å². The summed E-state index contributed by atoms with van der Waals surface area (Å²) in [5.41, 5.74) is 0.733. The van der Waals surface area contributed by atoms with Crippen LogP contribution in [0, 0.1) is 0 Å². The Hall–Kier alpha value is -2.93. The predicted octanol–water partition coefficient (Wildman–Crippen LogP) is 5.27. The van der Waals surface area contributed by atoms with Crippen molar-refractivity contribution in [2.24, 2.45) is 0 Å². The van der Waals surface area contributed by atoms with Crippen molar-refractivity contribution in [1.29, 1.82) is 0 Å². The Labute approximate surface area is 162 Å². The molecule has 140 valence electrons. The average Bonchev–Trinajstić information content (AvgIpc) is 3.29. The average molecular weight is 382 g/mol. The fourth-order valence-corrected chi connectivity index (χ4v) is 2.94. The normalized spacial score (nSPS) is 11.7. The Morgan fingerprint density at radius 1 is 1.15 bits per heavy atom. The number of hydrogen-bond acceptors (Lipinski definition) is 5. The van der Waals surface area contributed by atoms with Crippen LogP contribution in [0.2, 0.25) is 0 Å². The van der Waals surface area contributed by atoms with Crippen LogP contribution in [0.15, 0.2) is 47.1 Å². The smallest absolute Gasteiger partial charge is 0.327 e. The number of anilines is 2. The van der Waals surface area contributed by atoms with Crippen LogP contribution in [0.5, 0.6) is 0 Å². The molecule has 0 radical (unpaired) electrons. The van der Waals surface area contributed by atoms with Gasteiger partial charge in [0.15, 0.2) is 5.13 Å². The number of nitrogens with zero attached hydrogens (tertiary/aromatic N) is 3. The number of hydrogen-bond donors (Lipinski definition) is 1. The van der Waals surface area contributed by atoms with Crippen LogP contribution in [0.4, 0.5) is 15.6 Å². The van der Waals surface area contributed by atoms with Gasteiger partial charge < -0.3 is 4.42 Å². The SMILES string of the molecule is CN(C(=O)Nc1ncc(C=Cc2ncc(C(C)(C)C)o2)s1)c1ccccc1. The lowest BCUT2D eigenvalue weighted by Gasteiger charge is -2.16. The molecular weight excluding hydrogens is 360 g/mol. The van der Waals surface area contributed by atoms with E-state index in [-0.39, 0.29) is 11.4 Å². The van der Waals surface area contributed by atoms with E-state index < -0.39 is 0 Å². The highest BCUT2D eigenvalue weighted by Gasteiger charge is 2.18. The molecule has 0 atom stereocenters. The van der Waals surface area contributed by atoms with Gasteiger partial charge in [0.1, 0.15) is 5.76 Å². The van der Waals surface area contributed by atoms with Gasteiger partial charge in [0.25, 0.3) is 0 Å². The highest BCUT2D eigenvalue weighted by atomic mass is 32.1. The van der Waals surface area contributed by atoms with Crippen LogP contribution in [0.1, 0.15) is 37.3 Å². The van der Waals surface area contributed by atoms with Crippen molar-refractivity contribution in [2.45, 2.75) is 26.2 Å². The molecule has 1 N–H and O–H groups in total. The summed E-state index contributed by atoms with van der Waals surface area (Å²) in [4.78, 5) is 23.3. The van der Waals surface area contributed by atoms with Gasteiger partial charge in [-0.2, -0.15) is 0 Å². The third kappa shape index (κ3) is 4.83. The number of urea groups is 1. The molecule has 0 aliphatic rings. The van der Waals surface area contributed by atoms with Crippen LogP contribution in [0.3, 0.4) is 0 Å². The van der Waals surface area contributed by atoms with Gasteiger partial charge in [0.2, 0.25) is 5.89 Å². The van der Waals surface area contributed by atoms with Crippen LogP contribution in [-0.2, 0) is 5.41 Å². The second-order valence-corrected chi connectivity index (χ2v) is 8.10. The number of para-hydroxylation sites is 1. The van der Waals surface area contributed by atoms with Gasteiger partial charge in [-0.3, -0.25) is 10.2 Å². The molecule has 2 aromatic heterocycles. The first-order valence-electron chi connectivity index (χ1n) is 8.53. The minimum Gasteiger partial charge on any atom is -0.441 e. The van der Waals surface area contributed by atoms with Crippen LogP contribution < -0.4 is 10.2 Å². The monoisotopic (exact) mass is 382 g/mol. The fraction of sp³-hybridized carbons (Fsp3) is 0.250. The van der Waals surface area contributed by atoms with E-state index in [1.807, 2.05) is 36.4 Å². The van der Waals surface area contributed by atoms with E-state index in [0.717, 1.165) is 16.3 Å². The van der Waals surface area contributed by atoms with E-state index in [1.165, 1.54) is 16.2 Å². The molecule has 1 aromatic carbocycles. The summed E-state index contributed by atoms with van der Waals surface area (Å²) in [7, 11) is 1.72. The molecule has 0 saturated carbocycles. The number of thiazole rings is 1. The van der Waals surface area contributed by atoms with Crippen LogP contribution in [-0.4, -0.2) is 23.0 Å². The summed E-state index contributed by atoms with van der Waals surface area (Å²) in [6.07, 6.45) is 7.11. The van der Waals surface area contributed by atoms with Gasteiger partial charge in [-0.25, -0.2) is 14.8 Å². The lowest BCUT2D eigenvalue weighted by molar-refractivity contribution is 0.258. The van der Waals surface area contributed by atoms with Gasteiger partial charge in [0, 0.05) is 35.3 Å². The van der Waals surface area contributed by atoms with E-state index in [4.69, 9.17) is 4.42 Å². The minimum atomic E-state index is -0.242. The Morgan fingerprint density at radius 2 is 1.89 bits per heavy atom. The summed E-state index contributed by atoms with van der Waals surface area (Å²) in [5, 5.41) is 3.34. The van der Waals surface area contributed by atoms with E-state index in [9.17, 15) is 4.79 Å². The van der Waals surface area contributed by atoms with E-state index in [1.54, 1.807) is 25.5 Å². The second kappa shape index (κ2) is 7.75. The molecule has 0 bridgehead atoms. The van der Waals surface area contributed by atoms with Crippen molar-refractivity contribution in [3.63, 3.8) is 0 Å². The van der Waals surface area contributed by atoms with Crippen molar-refractivity contribution in [3.05, 3.63) is 59.3 Å². The first-order valence-corrected chi connectivity index (χ1v) is 9.34. The van der Waals surface area contributed by atoms with Gasteiger partial charge in [-0.05, 0) is 18.2 Å². The van der Waals surface area contributed by atoms with E-state index in [2.05, 4.69) is 36.1 Å². The largest absolute Gasteiger partial charge is 0.441 e. The molecule has 7 heteroatoms. The molecule has 2 heterocycles. The number of oxazole rings is 1. The Bertz CT molecular complexity index is 938. The predicted molar refractivity (Wildman–Crippen MR) is 110 cm³/mol. The number of benzene rings is 1. The molecule has 2 amide bonds. The molecule has 0 spiro atoms. The maximum Gasteiger partial charge on any atom is 0.327 e. The van der Waals surface area contributed by atoms with Crippen LogP contribution in [0.25, 0.3) is 12.2 Å². The maximum atomic E-state index is 12.3. The molecule has 0 aliphatic carbocycles. The molecule has 0 saturated heterocycles. The zero-order chi connectivity index (χ0) is 19.4. The van der Waals surface area contributed by atoms with E-state index in [0.29, 0.717) is 11.0 Å². The first kappa shape index (κ1) is 18.8. The number of carbonyl (C=O) groups excluding carboxylic acids is 1. The van der Waals surface area contributed by atoms with Crippen molar-refractivity contribution >= 4 is 40.3 Å². The van der Waals surface area contributed by atoms with Gasteiger partial charge in [-0.1, -0.05) is 50.3 Å². The Morgan fingerprint density at radius 3 is 2.56 bits per heavy atom. The third-order valence-corrected chi connectivity index (χ3v) is 4.72. The fourth-order valence-electron chi connectivity index (χ4n) is 2.23. The molecule has 3 aromatic rings. The molecule has 27 heavy (non-hydrogen) atoms. The summed E-state index contributed by atoms with van der Waals surface area (Å²) >= 11 is 1.38. The number of amides is 2. The molecule has 0 fully saturated rings. The first-order chi connectivity index (χ1) is 12.8. The number of aromatic nitrogens is 2. The van der Waals surface area contributed by atoms with Crippen molar-refractivity contribution in [1.82, 2.24) is 9.97 Å².